The third-order valence-electron chi connectivity index (χ3n) is 1.95. The van der Waals surface area contributed by atoms with Crippen molar-refractivity contribution in [2.45, 2.75) is 32.6 Å². The lowest BCUT2D eigenvalue weighted by molar-refractivity contribution is 0.392. The van der Waals surface area contributed by atoms with E-state index in [1.165, 1.54) is 38.8 Å². The predicted molar refractivity (Wildman–Crippen MR) is 55.2 cm³/mol. The highest BCUT2D eigenvalue weighted by molar-refractivity contribution is 8.93. The maximum atomic E-state index is 2.41. The van der Waals surface area contributed by atoms with E-state index >= 15 is 0 Å². The third kappa shape index (κ3) is 4.46. The monoisotopic (exact) mass is 219 g/mol. The third-order valence-corrected chi connectivity index (χ3v) is 1.95. The second kappa shape index (κ2) is 6.71. The zero-order chi connectivity index (χ0) is 7.23. The molecule has 0 aromatic heterocycles. The van der Waals surface area contributed by atoms with Gasteiger partial charge in [-0.2, -0.15) is 0 Å². The van der Waals surface area contributed by atoms with Crippen molar-refractivity contribution in [3.05, 3.63) is 12.3 Å². The number of rotatable bonds is 4. The summed E-state index contributed by atoms with van der Waals surface area (Å²) >= 11 is 0. The van der Waals surface area contributed by atoms with Crippen molar-refractivity contribution in [1.82, 2.24) is 4.90 Å². The molecule has 0 aromatic carbocycles. The van der Waals surface area contributed by atoms with Crippen molar-refractivity contribution in [1.29, 1.82) is 0 Å². The molecule has 0 radical (unpaired) electrons. The van der Waals surface area contributed by atoms with Crippen molar-refractivity contribution in [3.8, 4) is 0 Å². The van der Waals surface area contributed by atoms with Gasteiger partial charge in [0.25, 0.3) is 0 Å². The molecule has 0 spiro atoms. The van der Waals surface area contributed by atoms with Crippen molar-refractivity contribution < 1.29 is 0 Å². The number of halogens is 1. The van der Waals surface area contributed by atoms with Crippen LogP contribution >= 0.6 is 17.0 Å². The van der Waals surface area contributed by atoms with E-state index in [9.17, 15) is 0 Å². The van der Waals surface area contributed by atoms with Gasteiger partial charge in [0.1, 0.15) is 0 Å². The summed E-state index contributed by atoms with van der Waals surface area (Å²) in [6, 6.07) is 0. The Hall–Kier alpha value is 0.0200. The highest BCUT2D eigenvalue weighted by atomic mass is 79.9. The molecule has 0 fully saturated rings. The second-order valence-electron chi connectivity index (χ2n) is 2.92. The average Bonchev–Trinajstić information content (AvgIpc) is 2.41. The summed E-state index contributed by atoms with van der Waals surface area (Å²) in [6.45, 7) is 4.77. The van der Waals surface area contributed by atoms with Crippen molar-refractivity contribution in [2.75, 3.05) is 13.1 Å². The Morgan fingerprint density at radius 1 is 1.36 bits per heavy atom. The molecular formula is C9H18BrN. The van der Waals surface area contributed by atoms with Gasteiger partial charge in [-0.15, -0.1) is 17.0 Å². The first-order chi connectivity index (χ1) is 4.93. The van der Waals surface area contributed by atoms with E-state index in [0.29, 0.717) is 0 Å². The van der Waals surface area contributed by atoms with Gasteiger partial charge in [0.15, 0.2) is 0 Å². The topological polar surface area (TPSA) is 3.24 Å². The molecule has 0 unspecified atom stereocenters. The van der Waals surface area contributed by atoms with Gasteiger partial charge < -0.3 is 4.90 Å². The number of hydrogen-bond acceptors (Lipinski definition) is 1. The van der Waals surface area contributed by atoms with Crippen LogP contribution in [0.15, 0.2) is 12.3 Å². The van der Waals surface area contributed by atoms with E-state index in [1.54, 1.807) is 0 Å². The lowest BCUT2D eigenvalue weighted by atomic mass is 10.2. The number of unbranched alkanes of at least 4 members (excludes halogenated alkanes) is 2. The summed E-state index contributed by atoms with van der Waals surface area (Å²) in [5.41, 5.74) is 0. The lowest BCUT2D eigenvalue weighted by Gasteiger charge is -2.13. The molecule has 1 nitrogen and oxygen atoms in total. The first kappa shape index (κ1) is 11.0. The highest BCUT2D eigenvalue weighted by Gasteiger charge is 2.01. The SMILES string of the molecule is Br.CCCCCN1C=CCC1. The molecular weight excluding hydrogens is 202 g/mol. The molecule has 66 valence electrons. The van der Waals surface area contributed by atoms with E-state index in [1.807, 2.05) is 0 Å². The molecule has 0 bridgehead atoms. The Morgan fingerprint density at radius 2 is 2.18 bits per heavy atom. The average molecular weight is 220 g/mol. The molecule has 0 saturated heterocycles. The summed E-state index contributed by atoms with van der Waals surface area (Å²) in [5.74, 6) is 0. The van der Waals surface area contributed by atoms with Crippen LogP contribution in [0, 0.1) is 0 Å². The van der Waals surface area contributed by atoms with Gasteiger partial charge in [0, 0.05) is 13.1 Å². The molecule has 0 aromatic rings. The number of nitrogens with zero attached hydrogens (tertiary/aromatic N) is 1. The first-order valence-corrected chi connectivity index (χ1v) is 4.34. The maximum Gasteiger partial charge on any atom is 0.0207 e. The van der Waals surface area contributed by atoms with Crippen LogP contribution in [0.25, 0.3) is 0 Å². The minimum Gasteiger partial charge on any atom is -0.377 e. The lowest BCUT2D eigenvalue weighted by Crippen LogP contribution is -2.15. The fourth-order valence-electron chi connectivity index (χ4n) is 1.29. The quantitative estimate of drug-likeness (QED) is 0.658. The van der Waals surface area contributed by atoms with Crippen molar-refractivity contribution >= 4 is 17.0 Å². The minimum atomic E-state index is 0. The molecule has 0 N–H and O–H groups in total. The Bertz CT molecular complexity index is 112. The van der Waals surface area contributed by atoms with Gasteiger partial charge >= 0.3 is 0 Å². The summed E-state index contributed by atoms with van der Waals surface area (Å²) < 4.78 is 0. The summed E-state index contributed by atoms with van der Waals surface area (Å²) in [4.78, 5) is 2.41. The Morgan fingerprint density at radius 3 is 2.73 bits per heavy atom. The van der Waals surface area contributed by atoms with Crippen LogP contribution in [0.5, 0.6) is 0 Å². The maximum absolute atomic E-state index is 2.41. The zero-order valence-electron chi connectivity index (χ0n) is 7.25. The minimum absolute atomic E-state index is 0. The molecule has 1 rings (SSSR count). The first-order valence-electron chi connectivity index (χ1n) is 4.34. The largest absolute Gasteiger partial charge is 0.377 e. The van der Waals surface area contributed by atoms with Gasteiger partial charge in [-0.25, -0.2) is 0 Å². The summed E-state index contributed by atoms with van der Waals surface area (Å²) in [7, 11) is 0. The molecule has 0 aliphatic carbocycles. The summed E-state index contributed by atoms with van der Waals surface area (Å²) in [5, 5.41) is 0. The molecule has 11 heavy (non-hydrogen) atoms. The second-order valence-corrected chi connectivity index (χ2v) is 2.92. The van der Waals surface area contributed by atoms with Crippen molar-refractivity contribution in [2.24, 2.45) is 0 Å². The zero-order valence-corrected chi connectivity index (χ0v) is 8.97. The molecule has 0 atom stereocenters. The standard InChI is InChI=1S/C9H17N.BrH/c1-2-3-4-7-10-8-5-6-9-10;/h5,8H,2-4,6-7,9H2,1H3;1H. The van der Waals surface area contributed by atoms with Crippen LogP contribution < -0.4 is 0 Å². The van der Waals surface area contributed by atoms with E-state index in [-0.39, 0.29) is 17.0 Å². The van der Waals surface area contributed by atoms with Gasteiger partial charge in [-0.3, -0.25) is 0 Å². The van der Waals surface area contributed by atoms with Crippen LogP contribution in [0.3, 0.4) is 0 Å². The van der Waals surface area contributed by atoms with Crippen LogP contribution in [-0.4, -0.2) is 18.0 Å². The Kier molecular flexibility index (Phi) is 6.73. The number of hydrogen-bond donors (Lipinski definition) is 0. The van der Waals surface area contributed by atoms with Gasteiger partial charge in [0.05, 0.1) is 0 Å². The van der Waals surface area contributed by atoms with Gasteiger partial charge in [-0.05, 0) is 19.0 Å². The van der Waals surface area contributed by atoms with Crippen LogP contribution in [0.2, 0.25) is 0 Å². The van der Waals surface area contributed by atoms with Crippen LogP contribution in [0.1, 0.15) is 32.6 Å². The fraction of sp³-hybridized carbons (Fsp3) is 0.778. The Balaban J connectivity index is 0.000001000. The molecule has 1 heterocycles. The van der Waals surface area contributed by atoms with Crippen LogP contribution in [-0.2, 0) is 0 Å². The predicted octanol–water partition coefficient (Wildman–Crippen LogP) is 2.97. The van der Waals surface area contributed by atoms with Gasteiger partial charge in [-0.1, -0.05) is 25.8 Å². The molecule has 0 amide bonds. The normalized spacial score (nSPS) is 15.2. The highest BCUT2D eigenvalue weighted by Crippen LogP contribution is 2.05. The van der Waals surface area contributed by atoms with Crippen molar-refractivity contribution in [3.63, 3.8) is 0 Å². The molecule has 2 heteroatoms. The molecule has 1 aliphatic heterocycles. The summed E-state index contributed by atoms with van der Waals surface area (Å²) in [6.07, 6.45) is 9.82. The van der Waals surface area contributed by atoms with E-state index in [2.05, 4.69) is 24.1 Å². The van der Waals surface area contributed by atoms with Gasteiger partial charge in [0.2, 0.25) is 0 Å². The van der Waals surface area contributed by atoms with E-state index in [0.717, 1.165) is 0 Å². The van der Waals surface area contributed by atoms with E-state index in [4.69, 9.17) is 0 Å². The fourth-order valence-corrected chi connectivity index (χ4v) is 1.29. The molecule has 0 saturated carbocycles. The molecule has 1 aliphatic rings. The van der Waals surface area contributed by atoms with Crippen LogP contribution in [0.4, 0.5) is 0 Å². The van der Waals surface area contributed by atoms with E-state index < -0.39 is 0 Å². The Labute approximate surface area is 80.2 Å². The smallest absolute Gasteiger partial charge is 0.0207 e.